The molecule has 0 atom stereocenters. The minimum Gasteiger partial charge on any atom is -0.488 e. The first-order valence-electron chi connectivity index (χ1n) is 8.26. The van der Waals surface area contributed by atoms with Crippen molar-refractivity contribution in [3.63, 3.8) is 0 Å². The normalized spacial score (nSPS) is 23.8. The molecule has 1 aromatic rings. The molecule has 3 rings (SSSR count). The fraction of sp³-hybridized carbons (Fsp3) is 0.647. The number of likely N-dealkylation sites (tertiary alicyclic amines) is 1. The minimum absolute atomic E-state index is 0.204. The van der Waals surface area contributed by atoms with Gasteiger partial charge >= 0.3 is 7.12 Å². The third-order valence-corrected chi connectivity index (χ3v) is 5.05. The molecule has 6 heteroatoms. The number of rotatable bonds is 5. The maximum atomic E-state index is 8.88. The zero-order valence-electron chi connectivity index (χ0n) is 14.4. The number of β-amino-alcohol motifs (C(OH)–C–C–N with tert-alkyl or cyclic N) is 1. The van der Waals surface area contributed by atoms with Crippen molar-refractivity contribution in [1.29, 1.82) is 0 Å². The lowest BCUT2D eigenvalue weighted by Crippen LogP contribution is -2.54. The predicted molar refractivity (Wildman–Crippen MR) is 90.1 cm³/mol. The molecule has 2 aliphatic rings. The van der Waals surface area contributed by atoms with Gasteiger partial charge in [-0.05, 0) is 45.3 Å². The first-order valence-corrected chi connectivity index (χ1v) is 8.26. The van der Waals surface area contributed by atoms with E-state index in [4.69, 9.17) is 19.2 Å². The van der Waals surface area contributed by atoms with Gasteiger partial charge in [0.25, 0.3) is 0 Å². The topological polar surface area (TPSA) is 51.2 Å². The van der Waals surface area contributed by atoms with Crippen molar-refractivity contribution in [3.8, 4) is 5.75 Å². The standard InChI is InChI=1S/C17H26BNO4/c1-16(2)17(3,4)23-18(22-16)13-5-7-14(8-6-13)21-15-11-19(12-15)9-10-20/h5-8,15,20H,9-12H2,1-4H3. The van der Waals surface area contributed by atoms with Crippen LogP contribution in [0.4, 0.5) is 0 Å². The molecule has 2 fully saturated rings. The summed E-state index contributed by atoms with van der Waals surface area (Å²) in [5, 5.41) is 8.88. The summed E-state index contributed by atoms with van der Waals surface area (Å²) >= 11 is 0. The van der Waals surface area contributed by atoms with E-state index in [0.717, 1.165) is 30.8 Å². The zero-order chi connectivity index (χ0) is 16.7. The number of nitrogens with zero attached hydrogens (tertiary/aromatic N) is 1. The molecule has 1 aromatic carbocycles. The van der Waals surface area contributed by atoms with Crippen molar-refractivity contribution in [1.82, 2.24) is 4.90 Å². The van der Waals surface area contributed by atoms with Crippen LogP contribution in [0.3, 0.4) is 0 Å². The van der Waals surface area contributed by atoms with Gasteiger partial charge in [-0.1, -0.05) is 12.1 Å². The van der Waals surface area contributed by atoms with Crippen LogP contribution in [0.1, 0.15) is 27.7 Å². The molecule has 0 aromatic heterocycles. The smallest absolute Gasteiger partial charge is 0.488 e. The Morgan fingerprint density at radius 2 is 1.70 bits per heavy atom. The van der Waals surface area contributed by atoms with Crippen molar-refractivity contribution in [2.75, 3.05) is 26.2 Å². The van der Waals surface area contributed by atoms with Crippen LogP contribution in [-0.4, -0.2) is 60.7 Å². The highest BCUT2D eigenvalue weighted by Crippen LogP contribution is 2.36. The first kappa shape index (κ1) is 16.8. The quantitative estimate of drug-likeness (QED) is 0.822. The van der Waals surface area contributed by atoms with Crippen LogP contribution in [0.2, 0.25) is 0 Å². The maximum Gasteiger partial charge on any atom is 0.494 e. The third-order valence-electron chi connectivity index (χ3n) is 5.05. The summed E-state index contributed by atoms with van der Waals surface area (Å²) in [7, 11) is -0.335. The number of benzene rings is 1. The Balaban J connectivity index is 1.56. The molecular weight excluding hydrogens is 293 g/mol. The second-order valence-corrected chi connectivity index (χ2v) is 7.38. The van der Waals surface area contributed by atoms with Gasteiger partial charge in [0.2, 0.25) is 0 Å². The van der Waals surface area contributed by atoms with Crippen LogP contribution in [0, 0.1) is 0 Å². The van der Waals surface area contributed by atoms with Gasteiger partial charge in [0, 0.05) is 19.6 Å². The molecule has 0 radical (unpaired) electrons. The molecular formula is C17H26BNO4. The van der Waals surface area contributed by atoms with E-state index in [1.165, 1.54) is 0 Å². The highest BCUT2D eigenvalue weighted by Gasteiger charge is 2.51. The average molecular weight is 319 g/mol. The number of ether oxygens (including phenoxy) is 1. The second kappa shape index (κ2) is 6.09. The van der Waals surface area contributed by atoms with Crippen LogP contribution in [0.15, 0.2) is 24.3 Å². The van der Waals surface area contributed by atoms with E-state index in [1.54, 1.807) is 0 Å². The van der Waals surface area contributed by atoms with Gasteiger partial charge in [0.1, 0.15) is 11.9 Å². The molecule has 0 spiro atoms. The lowest BCUT2D eigenvalue weighted by atomic mass is 9.79. The van der Waals surface area contributed by atoms with Crippen molar-refractivity contribution < 1.29 is 19.2 Å². The Labute approximate surface area is 138 Å². The zero-order valence-corrected chi connectivity index (χ0v) is 14.4. The SMILES string of the molecule is CC1(C)OB(c2ccc(OC3CN(CCO)C3)cc2)OC1(C)C. The Morgan fingerprint density at radius 1 is 1.13 bits per heavy atom. The van der Waals surface area contributed by atoms with Gasteiger partial charge in [-0.25, -0.2) is 0 Å². The van der Waals surface area contributed by atoms with Crippen LogP contribution in [0.25, 0.3) is 0 Å². The van der Waals surface area contributed by atoms with E-state index in [1.807, 2.05) is 24.3 Å². The molecule has 0 amide bonds. The lowest BCUT2D eigenvalue weighted by Gasteiger charge is -2.38. The Hall–Kier alpha value is -1.08. The molecule has 2 heterocycles. The molecule has 0 saturated carbocycles. The number of hydrogen-bond acceptors (Lipinski definition) is 5. The van der Waals surface area contributed by atoms with E-state index >= 15 is 0 Å². The largest absolute Gasteiger partial charge is 0.494 e. The summed E-state index contributed by atoms with van der Waals surface area (Å²) in [5.41, 5.74) is 0.357. The first-order chi connectivity index (χ1) is 10.8. The summed E-state index contributed by atoms with van der Waals surface area (Å²) in [5.74, 6) is 0.860. The van der Waals surface area contributed by atoms with Crippen molar-refractivity contribution >= 4 is 12.6 Å². The predicted octanol–water partition coefficient (Wildman–Crippen LogP) is 1.04. The van der Waals surface area contributed by atoms with Gasteiger partial charge in [-0.2, -0.15) is 0 Å². The molecule has 0 unspecified atom stereocenters. The molecule has 1 N–H and O–H groups in total. The van der Waals surface area contributed by atoms with E-state index in [0.29, 0.717) is 0 Å². The van der Waals surface area contributed by atoms with Crippen LogP contribution in [0.5, 0.6) is 5.75 Å². The van der Waals surface area contributed by atoms with Crippen molar-refractivity contribution in [2.24, 2.45) is 0 Å². The highest BCUT2D eigenvalue weighted by atomic mass is 16.7. The van der Waals surface area contributed by atoms with Gasteiger partial charge in [-0.3, -0.25) is 4.90 Å². The summed E-state index contributed by atoms with van der Waals surface area (Å²) in [6.07, 6.45) is 0.212. The highest BCUT2D eigenvalue weighted by molar-refractivity contribution is 6.62. The molecule has 126 valence electrons. The Kier molecular flexibility index (Phi) is 4.44. The molecule has 0 bridgehead atoms. The van der Waals surface area contributed by atoms with Crippen molar-refractivity contribution in [3.05, 3.63) is 24.3 Å². The second-order valence-electron chi connectivity index (χ2n) is 7.38. The van der Waals surface area contributed by atoms with E-state index in [-0.39, 0.29) is 31.0 Å². The molecule has 2 aliphatic heterocycles. The molecule has 0 aliphatic carbocycles. The summed E-state index contributed by atoms with van der Waals surface area (Å²) < 4.78 is 18.0. The van der Waals surface area contributed by atoms with E-state index in [2.05, 4.69) is 32.6 Å². The van der Waals surface area contributed by atoms with Crippen LogP contribution < -0.4 is 10.2 Å². The van der Waals surface area contributed by atoms with Crippen molar-refractivity contribution in [2.45, 2.75) is 45.0 Å². The summed E-state index contributed by atoms with van der Waals surface area (Å²) in [4.78, 5) is 2.17. The fourth-order valence-electron chi connectivity index (χ4n) is 2.80. The summed E-state index contributed by atoms with van der Waals surface area (Å²) in [6.45, 7) is 10.9. The van der Waals surface area contributed by atoms with E-state index in [9.17, 15) is 0 Å². The monoisotopic (exact) mass is 319 g/mol. The maximum absolute atomic E-state index is 8.88. The Morgan fingerprint density at radius 3 is 2.22 bits per heavy atom. The van der Waals surface area contributed by atoms with Gasteiger partial charge in [0.15, 0.2) is 0 Å². The van der Waals surface area contributed by atoms with E-state index < -0.39 is 0 Å². The fourth-order valence-corrected chi connectivity index (χ4v) is 2.80. The molecule has 23 heavy (non-hydrogen) atoms. The van der Waals surface area contributed by atoms with Gasteiger partial charge in [-0.15, -0.1) is 0 Å². The van der Waals surface area contributed by atoms with Crippen LogP contribution >= 0.6 is 0 Å². The summed E-state index contributed by atoms with van der Waals surface area (Å²) in [6, 6.07) is 7.94. The minimum atomic E-state index is -0.335. The van der Waals surface area contributed by atoms with Gasteiger partial charge < -0.3 is 19.2 Å². The molecule has 2 saturated heterocycles. The average Bonchev–Trinajstić information content (AvgIpc) is 2.66. The molecule has 5 nitrogen and oxygen atoms in total. The van der Waals surface area contributed by atoms with Crippen LogP contribution in [-0.2, 0) is 9.31 Å². The lowest BCUT2D eigenvalue weighted by molar-refractivity contribution is 0.00578. The third kappa shape index (κ3) is 3.40. The Bertz CT molecular complexity index is 524. The number of aliphatic hydroxyl groups excluding tert-OH is 1. The number of hydrogen-bond donors (Lipinski definition) is 1. The number of aliphatic hydroxyl groups is 1. The van der Waals surface area contributed by atoms with Gasteiger partial charge in [0.05, 0.1) is 17.8 Å².